The van der Waals surface area contributed by atoms with Crippen molar-refractivity contribution in [2.24, 2.45) is 0 Å². The van der Waals surface area contributed by atoms with Crippen molar-refractivity contribution in [1.82, 2.24) is 0 Å². The average Bonchev–Trinajstić information content (AvgIpc) is 2.86. The van der Waals surface area contributed by atoms with Gasteiger partial charge >= 0.3 is 5.97 Å². The highest BCUT2D eigenvalue weighted by atomic mass is 16.4. The largest absolute Gasteiger partial charge is 0.481 e. The normalized spacial score (nSPS) is 13.0. The minimum absolute atomic E-state index is 0.295. The molecule has 104 valence electrons. The molecule has 0 aromatic heterocycles. The molecule has 0 unspecified atom stereocenters. The number of benzene rings is 2. The number of hydrogen-bond donors (Lipinski definition) is 1. The lowest BCUT2D eigenvalue weighted by molar-refractivity contribution is -0.137. The summed E-state index contributed by atoms with van der Waals surface area (Å²) in [4.78, 5) is 10.5. The van der Waals surface area contributed by atoms with Gasteiger partial charge in [0.05, 0.1) is 0 Å². The summed E-state index contributed by atoms with van der Waals surface area (Å²) in [5.41, 5.74) is 4.40. The Balaban J connectivity index is 1.72. The summed E-state index contributed by atoms with van der Waals surface area (Å²) in [5, 5.41) is 11.5. The Morgan fingerprint density at radius 1 is 1.00 bits per heavy atom. The Morgan fingerprint density at radius 3 is 2.60 bits per heavy atom. The van der Waals surface area contributed by atoms with Crippen LogP contribution in [0.1, 0.15) is 42.4 Å². The van der Waals surface area contributed by atoms with Gasteiger partial charge in [-0.3, -0.25) is 4.79 Å². The maximum Gasteiger partial charge on any atom is 0.303 e. The van der Waals surface area contributed by atoms with Gasteiger partial charge in [0.1, 0.15) is 0 Å². The number of hydrogen-bond acceptors (Lipinski definition) is 1. The molecule has 2 aromatic rings. The molecule has 1 aliphatic carbocycles. The number of unbranched alkanes of at least 4 members (excludes halogenated alkanes) is 2. The van der Waals surface area contributed by atoms with E-state index in [-0.39, 0.29) is 0 Å². The van der Waals surface area contributed by atoms with Crippen molar-refractivity contribution in [1.29, 1.82) is 0 Å². The third kappa shape index (κ3) is 2.55. The maximum absolute atomic E-state index is 10.5. The maximum atomic E-state index is 10.5. The van der Waals surface area contributed by atoms with Gasteiger partial charge in [0.25, 0.3) is 0 Å². The molecule has 0 heterocycles. The zero-order chi connectivity index (χ0) is 13.9. The summed E-state index contributed by atoms with van der Waals surface area (Å²) in [6.07, 6.45) is 6.56. The number of aliphatic carboxylic acids is 1. The zero-order valence-electron chi connectivity index (χ0n) is 11.7. The van der Waals surface area contributed by atoms with Crippen LogP contribution in [-0.4, -0.2) is 11.1 Å². The van der Waals surface area contributed by atoms with E-state index in [0.717, 1.165) is 25.7 Å². The number of carboxylic acids is 1. The highest BCUT2D eigenvalue weighted by Crippen LogP contribution is 2.33. The molecule has 0 aliphatic heterocycles. The molecule has 20 heavy (non-hydrogen) atoms. The summed E-state index contributed by atoms with van der Waals surface area (Å²) < 4.78 is 0. The second kappa shape index (κ2) is 5.66. The van der Waals surface area contributed by atoms with Crippen LogP contribution in [0, 0.1) is 0 Å². The smallest absolute Gasteiger partial charge is 0.303 e. The fourth-order valence-electron chi connectivity index (χ4n) is 3.29. The number of aryl methyl sites for hydroxylation is 3. The molecule has 2 nitrogen and oxygen atoms in total. The monoisotopic (exact) mass is 268 g/mol. The van der Waals surface area contributed by atoms with E-state index in [9.17, 15) is 4.79 Å². The van der Waals surface area contributed by atoms with Crippen molar-refractivity contribution in [3.63, 3.8) is 0 Å². The predicted octanol–water partition coefficient (Wildman–Crippen LogP) is 4.13. The Bertz CT molecular complexity index is 633. The average molecular weight is 268 g/mol. The minimum Gasteiger partial charge on any atom is -0.481 e. The van der Waals surface area contributed by atoms with Gasteiger partial charge in [-0.1, -0.05) is 36.8 Å². The molecule has 0 radical (unpaired) electrons. The van der Waals surface area contributed by atoms with Crippen LogP contribution in [-0.2, 0) is 24.1 Å². The van der Waals surface area contributed by atoms with Crippen LogP contribution in [0.15, 0.2) is 30.3 Å². The first-order chi connectivity index (χ1) is 9.75. The number of carboxylic acid groups (broad SMARTS) is 1. The summed E-state index contributed by atoms with van der Waals surface area (Å²) in [7, 11) is 0. The van der Waals surface area contributed by atoms with Crippen molar-refractivity contribution < 1.29 is 9.90 Å². The van der Waals surface area contributed by atoms with Gasteiger partial charge in [-0.2, -0.15) is 0 Å². The van der Waals surface area contributed by atoms with Crippen LogP contribution >= 0.6 is 0 Å². The first-order valence-corrected chi connectivity index (χ1v) is 7.50. The summed E-state index contributed by atoms with van der Waals surface area (Å²) >= 11 is 0. The van der Waals surface area contributed by atoms with E-state index in [1.807, 2.05) is 0 Å². The van der Waals surface area contributed by atoms with E-state index in [4.69, 9.17) is 5.11 Å². The highest BCUT2D eigenvalue weighted by Gasteiger charge is 2.15. The molecular formula is C18H20O2. The fraction of sp³-hybridized carbons (Fsp3) is 0.389. The molecule has 0 saturated heterocycles. The summed E-state index contributed by atoms with van der Waals surface area (Å²) in [6, 6.07) is 11.2. The molecule has 3 rings (SSSR count). The second-order valence-corrected chi connectivity index (χ2v) is 5.68. The van der Waals surface area contributed by atoms with Crippen molar-refractivity contribution in [2.75, 3.05) is 0 Å². The Morgan fingerprint density at radius 2 is 1.80 bits per heavy atom. The molecule has 0 saturated carbocycles. The van der Waals surface area contributed by atoms with Gasteiger partial charge in [-0.15, -0.1) is 0 Å². The Kier molecular flexibility index (Phi) is 3.72. The van der Waals surface area contributed by atoms with Gasteiger partial charge < -0.3 is 5.11 Å². The molecule has 0 fully saturated rings. The summed E-state index contributed by atoms with van der Waals surface area (Å²) in [6.45, 7) is 0. The van der Waals surface area contributed by atoms with Gasteiger partial charge in [0.2, 0.25) is 0 Å². The van der Waals surface area contributed by atoms with Crippen molar-refractivity contribution in [3.8, 4) is 0 Å². The van der Waals surface area contributed by atoms with E-state index < -0.39 is 5.97 Å². The molecule has 2 aromatic carbocycles. The van der Waals surface area contributed by atoms with E-state index in [1.165, 1.54) is 40.3 Å². The minimum atomic E-state index is -0.685. The van der Waals surface area contributed by atoms with Crippen LogP contribution < -0.4 is 0 Å². The lowest BCUT2D eigenvalue weighted by Crippen LogP contribution is -1.95. The third-order valence-corrected chi connectivity index (χ3v) is 4.30. The van der Waals surface area contributed by atoms with Crippen LogP contribution in [0.5, 0.6) is 0 Å². The van der Waals surface area contributed by atoms with Gasteiger partial charge in [0, 0.05) is 6.42 Å². The van der Waals surface area contributed by atoms with Crippen LogP contribution in [0.25, 0.3) is 10.8 Å². The van der Waals surface area contributed by atoms with Crippen molar-refractivity contribution in [3.05, 3.63) is 47.0 Å². The quantitative estimate of drug-likeness (QED) is 0.800. The Hall–Kier alpha value is -1.83. The van der Waals surface area contributed by atoms with E-state index in [1.54, 1.807) is 0 Å². The lowest BCUT2D eigenvalue weighted by Gasteiger charge is -2.09. The van der Waals surface area contributed by atoms with Crippen LogP contribution in [0.2, 0.25) is 0 Å². The highest BCUT2D eigenvalue weighted by molar-refractivity contribution is 5.93. The third-order valence-electron chi connectivity index (χ3n) is 4.30. The molecule has 2 heteroatoms. The Labute approximate surface area is 119 Å². The molecular weight excluding hydrogens is 248 g/mol. The van der Waals surface area contributed by atoms with Gasteiger partial charge in [-0.25, -0.2) is 0 Å². The fourth-order valence-corrected chi connectivity index (χ4v) is 3.29. The first-order valence-electron chi connectivity index (χ1n) is 7.50. The standard InChI is InChI=1S/C18H20O2/c19-17(20)8-3-1-2-5-13-9-10-15-12-11-14-6-4-7-16(13)18(14)15/h4,6-7,9-10H,1-3,5,8,11-12H2,(H,19,20). The van der Waals surface area contributed by atoms with Gasteiger partial charge in [0.15, 0.2) is 0 Å². The molecule has 0 bridgehead atoms. The zero-order valence-corrected chi connectivity index (χ0v) is 11.7. The van der Waals surface area contributed by atoms with E-state index in [2.05, 4.69) is 30.3 Å². The van der Waals surface area contributed by atoms with Crippen LogP contribution in [0.4, 0.5) is 0 Å². The van der Waals surface area contributed by atoms with Crippen LogP contribution in [0.3, 0.4) is 0 Å². The van der Waals surface area contributed by atoms with Crippen molar-refractivity contribution in [2.45, 2.75) is 44.9 Å². The molecule has 0 spiro atoms. The molecule has 1 aliphatic rings. The number of carbonyl (C=O) groups is 1. The topological polar surface area (TPSA) is 37.3 Å². The number of rotatable bonds is 6. The molecule has 0 amide bonds. The SMILES string of the molecule is O=C(O)CCCCCc1ccc2c3c(cccc13)CC2. The lowest BCUT2D eigenvalue weighted by atomic mass is 9.96. The predicted molar refractivity (Wildman–Crippen MR) is 81.2 cm³/mol. The van der Waals surface area contributed by atoms with E-state index in [0.29, 0.717) is 6.42 Å². The molecule has 1 N–H and O–H groups in total. The van der Waals surface area contributed by atoms with E-state index >= 15 is 0 Å². The molecule has 0 atom stereocenters. The van der Waals surface area contributed by atoms with Gasteiger partial charge in [-0.05, 0) is 59.6 Å². The van der Waals surface area contributed by atoms with Crippen molar-refractivity contribution >= 4 is 16.7 Å². The first kappa shape index (κ1) is 13.2. The summed E-state index contributed by atoms with van der Waals surface area (Å²) in [5.74, 6) is -0.685. The second-order valence-electron chi connectivity index (χ2n) is 5.68.